The molecule has 0 amide bonds. The number of fused-ring (bicyclic) bond motifs is 5. The Morgan fingerprint density at radius 3 is 1.59 bits per heavy atom. The first-order valence-electron chi connectivity index (χ1n) is 18.3. The summed E-state index contributed by atoms with van der Waals surface area (Å²) >= 11 is 0. The summed E-state index contributed by atoms with van der Waals surface area (Å²) in [6.45, 7) is 0. The third kappa shape index (κ3) is 5.69. The Hall–Kier alpha value is -7.23. The molecule has 0 atom stereocenters. The van der Waals surface area contributed by atoms with Gasteiger partial charge in [0, 0.05) is 27.9 Å². The summed E-state index contributed by atoms with van der Waals surface area (Å²) in [6, 6.07) is 73.1. The van der Waals surface area contributed by atoms with E-state index in [0.717, 1.165) is 66.4 Å². The number of oxazole rings is 1. The Balaban J connectivity index is 1.21. The summed E-state index contributed by atoms with van der Waals surface area (Å²) in [7, 11) is 0. The maximum Gasteiger partial charge on any atom is 0.227 e. The summed E-state index contributed by atoms with van der Waals surface area (Å²) in [5, 5.41) is 4.42. The molecular weight excluding hydrogens is 657 g/mol. The van der Waals surface area contributed by atoms with Crippen LogP contribution in [0.5, 0.6) is 0 Å². The molecule has 0 radical (unpaired) electrons. The zero-order chi connectivity index (χ0) is 35.8. The predicted molar refractivity (Wildman–Crippen MR) is 225 cm³/mol. The normalized spacial score (nSPS) is 11.3. The quantitative estimate of drug-likeness (QED) is 0.156. The zero-order valence-electron chi connectivity index (χ0n) is 29.4. The lowest BCUT2D eigenvalue weighted by Crippen LogP contribution is -2.11. The van der Waals surface area contributed by atoms with Gasteiger partial charge in [-0.25, -0.2) is 4.98 Å². The van der Waals surface area contributed by atoms with E-state index in [1.54, 1.807) is 0 Å². The molecule has 0 fully saturated rings. The van der Waals surface area contributed by atoms with E-state index >= 15 is 0 Å². The van der Waals surface area contributed by atoms with Crippen molar-refractivity contribution in [2.24, 2.45) is 0 Å². The molecule has 1 heterocycles. The minimum absolute atomic E-state index is 0.623. The van der Waals surface area contributed by atoms with Crippen molar-refractivity contribution in [3.8, 4) is 44.8 Å². The van der Waals surface area contributed by atoms with Crippen molar-refractivity contribution >= 4 is 49.7 Å². The van der Waals surface area contributed by atoms with E-state index in [1.807, 2.05) is 30.3 Å². The summed E-state index contributed by atoms with van der Waals surface area (Å²) in [5.41, 5.74) is 12.8. The fourth-order valence-electron chi connectivity index (χ4n) is 7.60. The fourth-order valence-corrected chi connectivity index (χ4v) is 7.60. The van der Waals surface area contributed by atoms with Crippen molar-refractivity contribution < 1.29 is 4.42 Å². The Morgan fingerprint density at radius 1 is 0.389 bits per heavy atom. The minimum Gasteiger partial charge on any atom is -0.435 e. The van der Waals surface area contributed by atoms with E-state index < -0.39 is 0 Å². The molecular formula is C51H34N2O. The third-order valence-electron chi connectivity index (χ3n) is 10.3. The summed E-state index contributed by atoms with van der Waals surface area (Å²) in [6.07, 6.45) is 0. The number of anilines is 3. The monoisotopic (exact) mass is 690 g/mol. The summed E-state index contributed by atoms with van der Waals surface area (Å²) < 4.78 is 6.61. The van der Waals surface area contributed by atoms with Crippen molar-refractivity contribution in [1.82, 2.24) is 4.98 Å². The Labute approximate surface area is 314 Å². The van der Waals surface area contributed by atoms with Gasteiger partial charge in [0.15, 0.2) is 5.58 Å². The average Bonchev–Trinajstić information content (AvgIpc) is 3.70. The molecule has 0 aliphatic carbocycles. The molecule has 0 saturated carbocycles. The molecule has 54 heavy (non-hydrogen) atoms. The summed E-state index contributed by atoms with van der Waals surface area (Å²) in [5.74, 6) is 0.623. The lowest BCUT2D eigenvalue weighted by molar-refractivity contribution is 0.623. The van der Waals surface area contributed by atoms with Crippen LogP contribution in [-0.4, -0.2) is 4.98 Å². The highest BCUT2D eigenvalue weighted by molar-refractivity contribution is 6.18. The molecule has 3 nitrogen and oxygen atoms in total. The fraction of sp³-hybridized carbons (Fsp3) is 0. The largest absolute Gasteiger partial charge is 0.435 e. The van der Waals surface area contributed by atoms with Crippen LogP contribution in [0.25, 0.3) is 77.5 Å². The van der Waals surface area contributed by atoms with Crippen LogP contribution >= 0.6 is 0 Å². The van der Waals surface area contributed by atoms with E-state index in [1.165, 1.54) is 22.3 Å². The minimum atomic E-state index is 0.623. The zero-order valence-corrected chi connectivity index (χ0v) is 29.4. The van der Waals surface area contributed by atoms with E-state index in [4.69, 9.17) is 9.40 Å². The van der Waals surface area contributed by atoms with Crippen molar-refractivity contribution in [3.63, 3.8) is 0 Å². The molecule has 10 rings (SSSR count). The second kappa shape index (κ2) is 13.4. The first kappa shape index (κ1) is 31.5. The highest BCUT2D eigenvalue weighted by Crippen LogP contribution is 2.45. The molecule has 0 spiro atoms. The number of hydrogen-bond acceptors (Lipinski definition) is 3. The lowest BCUT2D eigenvalue weighted by atomic mass is 9.95. The lowest BCUT2D eigenvalue weighted by Gasteiger charge is -2.29. The van der Waals surface area contributed by atoms with E-state index in [0.29, 0.717) is 5.89 Å². The van der Waals surface area contributed by atoms with Gasteiger partial charge < -0.3 is 9.32 Å². The highest BCUT2D eigenvalue weighted by Gasteiger charge is 2.20. The second-order valence-electron chi connectivity index (χ2n) is 13.6. The number of rotatable bonds is 7. The van der Waals surface area contributed by atoms with Crippen LogP contribution in [-0.2, 0) is 0 Å². The molecule has 0 bridgehead atoms. The van der Waals surface area contributed by atoms with Gasteiger partial charge in [0.1, 0.15) is 5.52 Å². The van der Waals surface area contributed by atoms with Crippen LogP contribution in [0.2, 0.25) is 0 Å². The first-order valence-corrected chi connectivity index (χ1v) is 18.3. The van der Waals surface area contributed by atoms with Crippen molar-refractivity contribution in [1.29, 1.82) is 0 Å². The molecule has 9 aromatic carbocycles. The number of aromatic nitrogens is 1. The number of benzene rings is 9. The Kier molecular flexibility index (Phi) is 7.81. The van der Waals surface area contributed by atoms with Crippen LogP contribution in [0.15, 0.2) is 211 Å². The molecule has 0 aliphatic rings. The maximum atomic E-state index is 6.61. The average molecular weight is 691 g/mol. The van der Waals surface area contributed by atoms with Gasteiger partial charge in [-0.2, -0.15) is 0 Å². The maximum absolute atomic E-state index is 6.61. The van der Waals surface area contributed by atoms with E-state index in [-0.39, 0.29) is 0 Å². The topological polar surface area (TPSA) is 29.3 Å². The van der Waals surface area contributed by atoms with Gasteiger partial charge >= 0.3 is 0 Å². The number of nitrogens with zero attached hydrogens (tertiary/aromatic N) is 2. The van der Waals surface area contributed by atoms with E-state index in [9.17, 15) is 0 Å². The molecule has 0 aliphatic heterocycles. The van der Waals surface area contributed by atoms with Crippen LogP contribution in [0.3, 0.4) is 0 Å². The molecule has 254 valence electrons. The van der Waals surface area contributed by atoms with Crippen molar-refractivity contribution in [3.05, 3.63) is 206 Å². The van der Waals surface area contributed by atoms with Gasteiger partial charge in [-0.05, 0) is 98.6 Å². The Morgan fingerprint density at radius 2 is 0.907 bits per heavy atom. The molecule has 0 N–H and O–H groups in total. The van der Waals surface area contributed by atoms with Crippen LogP contribution in [0.4, 0.5) is 17.1 Å². The summed E-state index contributed by atoms with van der Waals surface area (Å²) in [4.78, 5) is 7.32. The Bertz CT molecular complexity index is 2900. The van der Waals surface area contributed by atoms with Crippen molar-refractivity contribution in [2.75, 3.05) is 4.90 Å². The van der Waals surface area contributed by atoms with Crippen LogP contribution in [0.1, 0.15) is 0 Å². The molecule has 0 unspecified atom stereocenters. The standard InChI is InChI=1S/C51H34N2O/c1-5-13-35(14-6-1)37-23-28-43(29-24-37)53(48-32-27-42(36-15-7-2-8-16-36)33-45(48)38-17-9-3-10-18-38)44-30-25-39-21-22-40-26-31-47-50(49(40)46(39)34-44)54-51(52-47)41-19-11-4-12-20-41/h1-34H. The van der Waals surface area contributed by atoms with Gasteiger partial charge in [-0.15, -0.1) is 0 Å². The van der Waals surface area contributed by atoms with Gasteiger partial charge in [0.25, 0.3) is 0 Å². The SMILES string of the molecule is c1ccc(-c2ccc(N(c3ccc4ccc5ccc6nc(-c7ccccc7)oc6c5c4c3)c3ccc(-c4ccccc4)cc3-c3ccccc3)cc2)cc1. The predicted octanol–water partition coefficient (Wildman–Crippen LogP) is 14.3. The molecule has 3 heteroatoms. The third-order valence-corrected chi connectivity index (χ3v) is 10.3. The van der Waals surface area contributed by atoms with Gasteiger partial charge in [0.05, 0.1) is 5.69 Å². The van der Waals surface area contributed by atoms with Crippen LogP contribution in [0, 0.1) is 0 Å². The van der Waals surface area contributed by atoms with Crippen molar-refractivity contribution in [2.45, 2.75) is 0 Å². The van der Waals surface area contributed by atoms with Gasteiger partial charge in [-0.3, -0.25) is 0 Å². The first-order chi connectivity index (χ1) is 26.8. The van der Waals surface area contributed by atoms with E-state index in [2.05, 4.69) is 181 Å². The molecule has 10 aromatic rings. The van der Waals surface area contributed by atoms with Gasteiger partial charge in [0.2, 0.25) is 5.89 Å². The van der Waals surface area contributed by atoms with Crippen LogP contribution < -0.4 is 4.90 Å². The smallest absolute Gasteiger partial charge is 0.227 e. The number of hydrogen-bond donors (Lipinski definition) is 0. The highest BCUT2D eigenvalue weighted by atomic mass is 16.3. The molecule has 1 aromatic heterocycles. The molecule has 0 saturated heterocycles. The van der Waals surface area contributed by atoms with Gasteiger partial charge in [-0.1, -0.05) is 152 Å². The second-order valence-corrected chi connectivity index (χ2v) is 13.6.